The smallest absolute Gasteiger partial charge is 0.260 e. The van der Waals surface area contributed by atoms with E-state index in [-0.39, 0.29) is 5.91 Å². The zero-order chi connectivity index (χ0) is 19.9. The Kier molecular flexibility index (Phi) is 7.48. The molecule has 1 heterocycles. The van der Waals surface area contributed by atoms with Crippen LogP contribution in [-0.2, 0) is 0 Å². The highest BCUT2D eigenvalue weighted by atomic mass is 32.2. The number of thioether (sulfide) groups is 1. The molecule has 0 N–H and O–H groups in total. The van der Waals surface area contributed by atoms with Gasteiger partial charge in [-0.05, 0) is 49.2 Å². The third kappa shape index (κ3) is 4.93. The third-order valence-corrected chi connectivity index (χ3v) is 6.62. The fourth-order valence-electron chi connectivity index (χ4n) is 3.08. The number of para-hydroxylation sites is 1. The SMILES string of the molecule is CCSc1cccc(C(=O)N(CCN(CC)CC)c2nc3ccccc3s2)c1. The first-order valence-corrected chi connectivity index (χ1v) is 11.6. The quantitative estimate of drug-likeness (QED) is 0.440. The number of aromatic nitrogens is 1. The summed E-state index contributed by atoms with van der Waals surface area (Å²) in [6.45, 7) is 9.83. The normalized spacial score (nSPS) is 11.3. The molecule has 0 fully saturated rings. The maximum Gasteiger partial charge on any atom is 0.260 e. The lowest BCUT2D eigenvalue weighted by molar-refractivity contribution is 0.0983. The van der Waals surface area contributed by atoms with Crippen LogP contribution in [0, 0.1) is 0 Å². The van der Waals surface area contributed by atoms with Gasteiger partial charge in [0, 0.05) is 23.5 Å². The van der Waals surface area contributed by atoms with Crippen molar-refractivity contribution in [2.75, 3.05) is 36.8 Å². The zero-order valence-electron chi connectivity index (χ0n) is 16.7. The summed E-state index contributed by atoms with van der Waals surface area (Å²) < 4.78 is 1.11. The lowest BCUT2D eigenvalue weighted by Crippen LogP contribution is -2.38. The van der Waals surface area contributed by atoms with Crippen LogP contribution in [0.1, 0.15) is 31.1 Å². The van der Waals surface area contributed by atoms with Crippen molar-refractivity contribution in [3.05, 3.63) is 54.1 Å². The van der Waals surface area contributed by atoms with Crippen molar-refractivity contribution in [1.82, 2.24) is 9.88 Å². The molecule has 4 nitrogen and oxygen atoms in total. The fraction of sp³-hybridized carbons (Fsp3) is 0.364. The summed E-state index contributed by atoms with van der Waals surface area (Å²) in [4.78, 5) is 23.5. The van der Waals surface area contributed by atoms with Crippen LogP contribution in [0.5, 0.6) is 0 Å². The van der Waals surface area contributed by atoms with Crippen molar-refractivity contribution in [2.24, 2.45) is 0 Å². The van der Waals surface area contributed by atoms with E-state index >= 15 is 0 Å². The van der Waals surface area contributed by atoms with Gasteiger partial charge in [-0.3, -0.25) is 9.69 Å². The molecule has 0 unspecified atom stereocenters. The summed E-state index contributed by atoms with van der Waals surface area (Å²) in [6.07, 6.45) is 0. The molecule has 0 aliphatic rings. The van der Waals surface area contributed by atoms with Gasteiger partial charge in [-0.2, -0.15) is 0 Å². The molecule has 0 atom stereocenters. The van der Waals surface area contributed by atoms with Gasteiger partial charge in [-0.1, -0.05) is 50.3 Å². The molecule has 2 aromatic carbocycles. The number of benzene rings is 2. The Morgan fingerprint density at radius 2 is 1.82 bits per heavy atom. The molecule has 6 heteroatoms. The highest BCUT2D eigenvalue weighted by Crippen LogP contribution is 2.30. The molecule has 0 saturated heterocycles. The maximum absolute atomic E-state index is 13.4. The number of carbonyl (C=O) groups excluding carboxylic acids is 1. The lowest BCUT2D eigenvalue weighted by atomic mass is 10.2. The number of carbonyl (C=O) groups is 1. The summed E-state index contributed by atoms with van der Waals surface area (Å²) in [5, 5.41) is 0.770. The highest BCUT2D eigenvalue weighted by Gasteiger charge is 2.22. The van der Waals surface area contributed by atoms with Crippen molar-refractivity contribution in [3.8, 4) is 0 Å². The van der Waals surface area contributed by atoms with Crippen molar-refractivity contribution in [1.29, 1.82) is 0 Å². The predicted octanol–water partition coefficient (Wildman–Crippen LogP) is 5.40. The van der Waals surface area contributed by atoms with Crippen LogP contribution in [-0.4, -0.2) is 47.7 Å². The lowest BCUT2D eigenvalue weighted by Gasteiger charge is -2.25. The van der Waals surface area contributed by atoms with Crippen LogP contribution in [0.25, 0.3) is 10.2 Å². The van der Waals surface area contributed by atoms with Gasteiger partial charge in [0.25, 0.3) is 5.91 Å². The predicted molar refractivity (Wildman–Crippen MR) is 122 cm³/mol. The number of thiazole rings is 1. The molecular weight excluding hydrogens is 386 g/mol. The van der Waals surface area contributed by atoms with Crippen molar-refractivity contribution < 1.29 is 4.79 Å². The van der Waals surface area contributed by atoms with Gasteiger partial charge in [0.2, 0.25) is 0 Å². The van der Waals surface area contributed by atoms with E-state index in [1.807, 2.05) is 41.3 Å². The van der Waals surface area contributed by atoms with Gasteiger partial charge in [0.15, 0.2) is 5.13 Å². The van der Waals surface area contributed by atoms with E-state index < -0.39 is 0 Å². The van der Waals surface area contributed by atoms with Crippen LogP contribution in [0.3, 0.4) is 0 Å². The van der Waals surface area contributed by atoms with Gasteiger partial charge >= 0.3 is 0 Å². The van der Waals surface area contributed by atoms with Gasteiger partial charge < -0.3 is 4.90 Å². The van der Waals surface area contributed by atoms with Gasteiger partial charge in [0.1, 0.15) is 0 Å². The number of likely N-dealkylation sites (N-methyl/N-ethyl adjacent to an activating group) is 1. The summed E-state index contributed by atoms with van der Waals surface area (Å²) >= 11 is 3.33. The van der Waals surface area contributed by atoms with E-state index in [9.17, 15) is 4.79 Å². The van der Waals surface area contributed by atoms with E-state index in [0.29, 0.717) is 6.54 Å². The topological polar surface area (TPSA) is 36.4 Å². The molecule has 3 rings (SSSR count). The fourth-order valence-corrected chi connectivity index (χ4v) is 4.79. The zero-order valence-corrected chi connectivity index (χ0v) is 18.4. The molecule has 1 aromatic heterocycles. The second-order valence-electron chi connectivity index (χ2n) is 6.41. The molecule has 0 bridgehead atoms. The molecule has 148 valence electrons. The third-order valence-electron chi connectivity index (χ3n) is 4.68. The molecule has 0 aliphatic heterocycles. The summed E-state index contributed by atoms with van der Waals surface area (Å²) in [5.41, 5.74) is 1.66. The monoisotopic (exact) mass is 413 g/mol. The van der Waals surface area contributed by atoms with E-state index in [1.54, 1.807) is 23.1 Å². The first-order chi connectivity index (χ1) is 13.7. The Bertz CT molecular complexity index is 888. The summed E-state index contributed by atoms with van der Waals surface area (Å²) in [7, 11) is 0. The Balaban J connectivity index is 1.92. The van der Waals surface area contributed by atoms with E-state index in [0.717, 1.165) is 51.2 Å². The van der Waals surface area contributed by atoms with Gasteiger partial charge in [-0.15, -0.1) is 11.8 Å². The second kappa shape index (κ2) is 10.0. The van der Waals surface area contributed by atoms with Crippen molar-refractivity contribution in [2.45, 2.75) is 25.7 Å². The highest BCUT2D eigenvalue weighted by molar-refractivity contribution is 7.99. The van der Waals surface area contributed by atoms with Gasteiger partial charge in [-0.25, -0.2) is 4.98 Å². The second-order valence-corrected chi connectivity index (χ2v) is 8.76. The van der Waals surface area contributed by atoms with E-state index in [2.05, 4.69) is 37.8 Å². The van der Waals surface area contributed by atoms with Crippen LogP contribution < -0.4 is 4.90 Å². The largest absolute Gasteiger partial charge is 0.302 e. The first-order valence-electron chi connectivity index (χ1n) is 9.78. The van der Waals surface area contributed by atoms with Crippen LogP contribution in [0.4, 0.5) is 5.13 Å². The van der Waals surface area contributed by atoms with E-state index in [4.69, 9.17) is 4.98 Å². The molecule has 28 heavy (non-hydrogen) atoms. The van der Waals surface area contributed by atoms with Crippen molar-refractivity contribution in [3.63, 3.8) is 0 Å². The number of hydrogen-bond donors (Lipinski definition) is 0. The standard InChI is InChI=1S/C22H27N3OS2/c1-4-24(5-2)14-15-25(22-23-19-12-7-8-13-20(19)28-22)21(26)17-10-9-11-18(16-17)27-6-3/h7-13,16H,4-6,14-15H2,1-3H3. The molecule has 1 amide bonds. The van der Waals surface area contributed by atoms with Crippen molar-refractivity contribution >= 4 is 44.4 Å². The van der Waals surface area contributed by atoms with Gasteiger partial charge in [0.05, 0.1) is 10.2 Å². The molecule has 0 saturated carbocycles. The number of nitrogens with zero attached hydrogens (tertiary/aromatic N) is 3. The first kappa shape index (κ1) is 20.8. The van der Waals surface area contributed by atoms with E-state index in [1.165, 1.54) is 0 Å². The molecule has 3 aromatic rings. The molecular formula is C22H27N3OS2. The Labute approximate surface area is 175 Å². The number of amides is 1. The minimum atomic E-state index is 0.0183. The molecule has 0 radical (unpaired) electrons. The molecule has 0 spiro atoms. The van der Waals surface area contributed by atoms with Crippen LogP contribution in [0.2, 0.25) is 0 Å². The minimum absolute atomic E-state index is 0.0183. The average molecular weight is 414 g/mol. The number of fused-ring (bicyclic) bond motifs is 1. The average Bonchev–Trinajstić information content (AvgIpc) is 3.15. The van der Waals surface area contributed by atoms with Crippen LogP contribution in [0.15, 0.2) is 53.4 Å². The summed E-state index contributed by atoms with van der Waals surface area (Å²) in [6, 6.07) is 16.0. The number of anilines is 1. The number of rotatable bonds is 9. The Morgan fingerprint density at radius 3 is 2.54 bits per heavy atom. The maximum atomic E-state index is 13.4. The Hall–Kier alpha value is -1.89. The summed E-state index contributed by atoms with van der Waals surface area (Å²) in [5.74, 6) is 1.01. The Morgan fingerprint density at radius 1 is 1.04 bits per heavy atom. The molecule has 0 aliphatic carbocycles. The number of hydrogen-bond acceptors (Lipinski definition) is 5. The van der Waals surface area contributed by atoms with Crippen LogP contribution >= 0.6 is 23.1 Å². The minimum Gasteiger partial charge on any atom is -0.302 e.